The third kappa shape index (κ3) is 4.87. The fraction of sp³-hybridized carbons (Fsp3) is 0.125. The molecular formula is C24H23N7O2. The van der Waals surface area contributed by atoms with Gasteiger partial charge in [-0.25, -0.2) is 19.9 Å². The normalized spacial score (nSPS) is 10.4. The molecule has 0 unspecified atom stereocenters. The predicted octanol–water partition coefficient (Wildman–Crippen LogP) is 4.10. The zero-order valence-electron chi connectivity index (χ0n) is 18.5. The standard InChI is InChI=1S/C24H23N7O2/c1-15-8-9-20(28-13-15)31-21-12-19(17(14-29-21)24(32)25-2)30-18-7-4-6-16(22(18)33-3)23-26-10-5-11-27-23/h4-14H,1-3H3,(H,25,32)(H2,28,29,30,31). The molecular weight excluding hydrogens is 418 g/mol. The molecule has 9 nitrogen and oxygen atoms in total. The molecule has 0 aliphatic rings. The quantitative estimate of drug-likeness (QED) is 0.393. The van der Waals surface area contributed by atoms with Crippen LogP contribution in [-0.4, -0.2) is 40.0 Å². The summed E-state index contributed by atoms with van der Waals surface area (Å²) in [7, 11) is 3.15. The molecule has 4 rings (SSSR count). The molecule has 0 saturated carbocycles. The Morgan fingerprint density at radius 1 is 0.879 bits per heavy atom. The van der Waals surface area contributed by atoms with Crippen LogP contribution in [0.1, 0.15) is 15.9 Å². The number of para-hydroxylation sites is 1. The number of aromatic nitrogens is 4. The summed E-state index contributed by atoms with van der Waals surface area (Å²) in [5.74, 6) is 1.99. The number of ether oxygens (including phenoxy) is 1. The van der Waals surface area contributed by atoms with Crippen LogP contribution in [0.5, 0.6) is 5.75 Å². The molecule has 0 spiro atoms. The summed E-state index contributed by atoms with van der Waals surface area (Å²) >= 11 is 0. The number of methoxy groups -OCH3 is 1. The monoisotopic (exact) mass is 441 g/mol. The maximum Gasteiger partial charge on any atom is 0.254 e. The van der Waals surface area contributed by atoms with Crippen LogP contribution in [0, 0.1) is 6.92 Å². The number of amides is 1. The van der Waals surface area contributed by atoms with Gasteiger partial charge >= 0.3 is 0 Å². The molecule has 33 heavy (non-hydrogen) atoms. The number of anilines is 4. The Hall–Kier alpha value is -4.53. The van der Waals surface area contributed by atoms with Crippen LogP contribution >= 0.6 is 0 Å². The molecule has 1 amide bonds. The van der Waals surface area contributed by atoms with Crippen LogP contribution in [0.2, 0.25) is 0 Å². The summed E-state index contributed by atoms with van der Waals surface area (Å²) in [5, 5.41) is 9.12. The molecule has 9 heteroatoms. The van der Waals surface area contributed by atoms with Crippen LogP contribution in [0.15, 0.2) is 67.3 Å². The fourth-order valence-electron chi connectivity index (χ4n) is 3.23. The second-order valence-electron chi connectivity index (χ2n) is 7.12. The Morgan fingerprint density at radius 2 is 1.67 bits per heavy atom. The number of rotatable bonds is 7. The number of hydrogen-bond acceptors (Lipinski definition) is 8. The molecule has 0 fully saturated rings. The van der Waals surface area contributed by atoms with Crippen molar-refractivity contribution in [2.75, 3.05) is 24.8 Å². The molecule has 0 atom stereocenters. The lowest BCUT2D eigenvalue weighted by atomic mass is 10.1. The lowest BCUT2D eigenvalue weighted by Gasteiger charge is -2.17. The predicted molar refractivity (Wildman–Crippen MR) is 127 cm³/mol. The molecule has 4 aromatic rings. The van der Waals surface area contributed by atoms with Crippen molar-refractivity contribution in [3.05, 3.63) is 78.4 Å². The van der Waals surface area contributed by atoms with Gasteiger partial charge in [0.25, 0.3) is 5.91 Å². The van der Waals surface area contributed by atoms with E-state index in [-0.39, 0.29) is 5.91 Å². The summed E-state index contributed by atoms with van der Waals surface area (Å²) in [4.78, 5) is 29.9. The number of hydrogen-bond donors (Lipinski definition) is 3. The first-order valence-electron chi connectivity index (χ1n) is 10.2. The minimum atomic E-state index is -0.272. The van der Waals surface area contributed by atoms with E-state index in [1.165, 1.54) is 6.20 Å². The van der Waals surface area contributed by atoms with Crippen molar-refractivity contribution in [2.45, 2.75) is 6.92 Å². The maximum absolute atomic E-state index is 12.5. The molecule has 166 valence electrons. The molecule has 3 aromatic heterocycles. The second-order valence-corrected chi connectivity index (χ2v) is 7.12. The number of nitrogens with zero attached hydrogens (tertiary/aromatic N) is 4. The highest BCUT2D eigenvalue weighted by Gasteiger charge is 2.17. The van der Waals surface area contributed by atoms with E-state index < -0.39 is 0 Å². The smallest absolute Gasteiger partial charge is 0.254 e. The van der Waals surface area contributed by atoms with E-state index >= 15 is 0 Å². The van der Waals surface area contributed by atoms with E-state index in [4.69, 9.17) is 4.74 Å². The van der Waals surface area contributed by atoms with Crippen LogP contribution in [-0.2, 0) is 0 Å². The number of carbonyl (C=O) groups excluding carboxylic acids is 1. The van der Waals surface area contributed by atoms with Gasteiger partial charge in [-0.2, -0.15) is 0 Å². The minimum absolute atomic E-state index is 0.272. The van der Waals surface area contributed by atoms with Gasteiger partial charge in [-0.3, -0.25) is 4.79 Å². The summed E-state index contributed by atoms with van der Waals surface area (Å²) < 4.78 is 5.68. The van der Waals surface area contributed by atoms with Crippen LogP contribution < -0.4 is 20.7 Å². The van der Waals surface area contributed by atoms with E-state index in [9.17, 15) is 4.79 Å². The lowest BCUT2D eigenvalue weighted by molar-refractivity contribution is 0.0963. The number of carbonyl (C=O) groups is 1. The van der Waals surface area contributed by atoms with Crippen molar-refractivity contribution in [2.24, 2.45) is 0 Å². The first-order chi connectivity index (χ1) is 16.1. The first kappa shape index (κ1) is 21.7. The van der Waals surface area contributed by atoms with Crippen molar-refractivity contribution in [3.63, 3.8) is 0 Å². The summed E-state index contributed by atoms with van der Waals surface area (Å²) in [5.41, 5.74) is 3.35. The second kappa shape index (κ2) is 9.73. The van der Waals surface area contributed by atoms with Gasteiger partial charge in [0.15, 0.2) is 11.6 Å². The average Bonchev–Trinajstić information content (AvgIpc) is 2.85. The van der Waals surface area contributed by atoms with E-state index in [1.807, 2.05) is 37.3 Å². The number of nitrogens with one attached hydrogen (secondary N) is 3. The molecule has 0 aliphatic carbocycles. The Morgan fingerprint density at radius 3 is 2.36 bits per heavy atom. The molecule has 0 bridgehead atoms. The van der Waals surface area contributed by atoms with Crippen LogP contribution in [0.3, 0.4) is 0 Å². The van der Waals surface area contributed by atoms with Gasteiger partial charge in [-0.05, 0) is 36.8 Å². The van der Waals surface area contributed by atoms with E-state index in [2.05, 4.69) is 35.9 Å². The minimum Gasteiger partial charge on any atom is -0.494 e. The van der Waals surface area contributed by atoms with Gasteiger partial charge in [-0.15, -0.1) is 0 Å². The number of pyridine rings is 2. The van der Waals surface area contributed by atoms with Crippen LogP contribution in [0.4, 0.5) is 23.0 Å². The van der Waals surface area contributed by atoms with Gasteiger partial charge < -0.3 is 20.7 Å². The molecule has 3 N–H and O–H groups in total. The highest BCUT2D eigenvalue weighted by atomic mass is 16.5. The fourth-order valence-corrected chi connectivity index (χ4v) is 3.23. The van der Waals surface area contributed by atoms with Crippen molar-refractivity contribution in [1.29, 1.82) is 0 Å². The van der Waals surface area contributed by atoms with Gasteiger partial charge in [0.05, 0.1) is 29.6 Å². The highest BCUT2D eigenvalue weighted by Crippen LogP contribution is 2.37. The largest absolute Gasteiger partial charge is 0.494 e. The Bertz CT molecular complexity index is 1260. The van der Waals surface area contributed by atoms with E-state index in [0.29, 0.717) is 40.1 Å². The first-order valence-corrected chi connectivity index (χ1v) is 10.2. The average molecular weight is 441 g/mol. The van der Waals surface area contributed by atoms with Gasteiger partial charge in [0.1, 0.15) is 11.6 Å². The van der Waals surface area contributed by atoms with Crippen molar-refractivity contribution < 1.29 is 9.53 Å². The highest BCUT2D eigenvalue weighted by molar-refractivity contribution is 6.00. The van der Waals surface area contributed by atoms with E-state index in [0.717, 1.165) is 11.1 Å². The lowest BCUT2D eigenvalue weighted by Crippen LogP contribution is -2.19. The zero-order chi connectivity index (χ0) is 23.2. The Balaban J connectivity index is 1.73. The molecule has 3 heterocycles. The van der Waals surface area contributed by atoms with Gasteiger partial charge in [0.2, 0.25) is 0 Å². The molecule has 1 aromatic carbocycles. The molecule has 0 radical (unpaired) electrons. The maximum atomic E-state index is 12.5. The number of benzene rings is 1. The third-order valence-corrected chi connectivity index (χ3v) is 4.84. The van der Waals surface area contributed by atoms with Crippen molar-refractivity contribution in [1.82, 2.24) is 25.3 Å². The number of aryl methyl sites for hydroxylation is 1. The topological polar surface area (TPSA) is 114 Å². The Kier molecular flexibility index (Phi) is 6.40. The molecule has 0 aliphatic heterocycles. The summed E-state index contributed by atoms with van der Waals surface area (Å²) in [6.45, 7) is 1.97. The summed E-state index contributed by atoms with van der Waals surface area (Å²) in [6, 6.07) is 12.9. The zero-order valence-corrected chi connectivity index (χ0v) is 18.5. The third-order valence-electron chi connectivity index (χ3n) is 4.84. The van der Waals surface area contributed by atoms with Gasteiger partial charge in [-0.1, -0.05) is 12.1 Å². The van der Waals surface area contributed by atoms with Crippen molar-refractivity contribution in [3.8, 4) is 17.1 Å². The summed E-state index contributed by atoms with van der Waals surface area (Å²) in [6.07, 6.45) is 6.62. The van der Waals surface area contributed by atoms with Crippen LogP contribution in [0.25, 0.3) is 11.4 Å². The molecule has 0 saturated heterocycles. The van der Waals surface area contributed by atoms with E-state index in [1.54, 1.807) is 44.9 Å². The Labute approximate surface area is 191 Å². The SMILES string of the molecule is CNC(=O)c1cnc(Nc2ccc(C)cn2)cc1Nc1cccc(-c2ncccn2)c1OC. The van der Waals surface area contributed by atoms with Crippen molar-refractivity contribution >= 4 is 28.9 Å². The van der Waals surface area contributed by atoms with Gasteiger partial charge in [0, 0.05) is 37.9 Å².